The van der Waals surface area contributed by atoms with Crippen molar-refractivity contribution in [1.82, 2.24) is 9.78 Å². The molecule has 164 valence electrons. The molecule has 3 rings (SSSR count). The van der Waals surface area contributed by atoms with E-state index in [2.05, 4.69) is 10.1 Å². The van der Waals surface area contributed by atoms with Gasteiger partial charge in [0, 0.05) is 17.8 Å². The summed E-state index contributed by atoms with van der Waals surface area (Å²) < 4.78 is 30.8. The van der Waals surface area contributed by atoms with Gasteiger partial charge in [0.05, 0.1) is 44.0 Å². The van der Waals surface area contributed by atoms with Gasteiger partial charge in [-0.15, -0.1) is 0 Å². The Hall–Kier alpha value is -3.55. The maximum Gasteiger partial charge on any atom is 0.280 e. The summed E-state index contributed by atoms with van der Waals surface area (Å²) in [5.41, 5.74) is 2.66. The third-order valence-electron chi connectivity index (χ3n) is 4.86. The van der Waals surface area contributed by atoms with E-state index in [4.69, 9.17) is 14.2 Å². The number of aryl methyl sites for hydroxylation is 1. The number of methoxy groups -OCH3 is 3. The molecule has 0 aliphatic heterocycles. The number of halogens is 1. The number of ether oxygens (including phenoxy) is 3. The molecule has 3 aromatic rings. The Morgan fingerprint density at radius 1 is 1.06 bits per heavy atom. The SMILES string of the molecule is CCCc1[nH]n(-c2ccc(F)cc2)c(=O)c1C(C)=Nc1cc(OC)c(OC)c(OC)c1. The largest absolute Gasteiger partial charge is 0.493 e. The third kappa shape index (κ3) is 4.47. The summed E-state index contributed by atoms with van der Waals surface area (Å²) in [6, 6.07) is 9.18. The lowest BCUT2D eigenvalue weighted by Crippen LogP contribution is -2.19. The Labute approximate surface area is 180 Å². The van der Waals surface area contributed by atoms with Gasteiger partial charge in [-0.3, -0.25) is 14.9 Å². The van der Waals surface area contributed by atoms with Crippen molar-refractivity contribution in [1.29, 1.82) is 0 Å². The summed E-state index contributed by atoms with van der Waals surface area (Å²) in [5, 5.41) is 3.15. The molecule has 0 saturated heterocycles. The normalized spacial score (nSPS) is 11.5. The zero-order chi connectivity index (χ0) is 22.5. The molecule has 8 heteroatoms. The van der Waals surface area contributed by atoms with Gasteiger partial charge in [-0.25, -0.2) is 9.07 Å². The maximum absolute atomic E-state index is 13.3. The molecule has 0 saturated carbocycles. The molecule has 7 nitrogen and oxygen atoms in total. The van der Waals surface area contributed by atoms with Gasteiger partial charge in [-0.1, -0.05) is 13.3 Å². The van der Waals surface area contributed by atoms with Crippen molar-refractivity contribution in [2.75, 3.05) is 21.3 Å². The molecule has 1 aromatic heterocycles. The molecule has 2 aromatic carbocycles. The van der Waals surface area contributed by atoms with Crippen molar-refractivity contribution in [2.45, 2.75) is 26.7 Å². The maximum atomic E-state index is 13.3. The lowest BCUT2D eigenvalue weighted by Gasteiger charge is -2.13. The lowest BCUT2D eigenvalue weighted by molar-refractivity contribution is 0.324. The van der Waals surface area contributed by atoms with E-state index in [-0.39, 0.29) is 11.4 Å². The molecule has 0 aliphatic rings. The molecule has 31 heavy (non-hydrogen) atoms. The van der Waals surface area contributed by atoms with Crippen LogP contribution in [0, 0.1) is 5.82 Å². The lowest BCUT2D eigenvalue weighted by atomic mass is 10.1. The highest BCUT2D eigenvalue weighted by atomic mass is 19.1. The molecular formula is C23H26FN3O4. The number of aromatic nitrogens is 2. The summed E-state index contributed by atoms with van der Waals surface area (Å²) in [4.78, 5) is 17.9. The summed E-state index contributed by atoms with van der Waals surface area (Å²) in [5.74, 6) is 1.05. The predicted molar refractivity (Wildman–Crippen MR) is 118 cm³/mol. The number of nitrogens with zero attached hydrogens (tertiary/aromatic N) is 2. The summed E-state index contributed by atoms with van der Waals surface area (Å²) >= 11 is 0. The minimum absolute atomic E-state index is 0.247. The Morgan fingerprint density at radius 2 is 1.68 bits per heavy atom. The number of hydrogen-bond donors (Lipinski definition) is 1. The van der Waals surface area contributed by atoms with Crippen molar-refractivity contribution >= 4 is 11.4 Å². The molecule has 0 fully saturated rings. The molecule has 0 amide bonds. The van der Waals surface area contributed by atoms with Crippen molar-refractivity contribution in [3.63, 3.8) is 0 Å². The standard InChI is InChI=1S/C23H26FN3O4/c1-6-7-18-21(23(28)27(26-18)17-10-8-15(24)9-11-17)14(2)25-16-12-19(29-3)22(31-5)20(13-16)30-4/h8-13,26H,6-7H2,1-5H3. The first-order valence-corrected chi connectivity index (χ1v) is 9.88. The number of aromatic amines is 1. The second kappa shape index (κ2) is 9.51. The molecule has 0 aliphatic carbocycles. The first-order chi connectivity index (χ1) is 14.9. The van der Waals surface area contributed by atoms with Crippen LogP contribution in [-0.2, 0) is 6.42 Å². The van der Waals surface area contributed by atoms with Crippen LogP contribution in [0.5, 0.6) is 17.2 Å². The van der Waals surface area contributed by atoms with E-state index < -0.39 is 0 Å². The Morgan fingerprint density at radius 3 is 2.19 bits per heavy atom. The highest BCUT2D eigenvalue weighted by Crippen LogP contribution is 2.41. The van der Waals surface area contributed by atoms with E-state index in [1.165, 1.54) is 38.1 Å². The molecule has 0 unspecified atom stereocenters. The van der Waals surface area contributed by atoms with Gasteiger partial charge in [-0.05, 0) is 37.6 Å². The second-order valence-corrected chi connectivity index (χ2v) is 6.91. The fourth-order valence-electron chi connectivity index (χ4n) is 3.44. The molecule has 0 radical (unpaired) electrons. The average Bonchev–Trinajstić information content (AvgIpc) is 3.09. The van der Waals surface area contributed by atoms with E-state index in [9.17, 15) is 9.18 Å². The number of rotatable bonds is 8. The molecule has 0 spiro atoms. The molecule has 0 bridgehead atoms. The monoisotopic (exact) mass is 427 g/mol. The Balaban J connectivity index is 2.12. The zero-order valence-corrected chi connectivity index (χ0v) is 18.3. The van der Waals surface area contributed by atoms with Crippen LogP contribution in [0.25, 0.3) is 5.69 Å². The van der Waals surface area contributed by atoms with E-state index >= 15 is 0 Å². The van der Waals surface area contributed by atoms with Crippen LogP contribution in [-0.4, -0.2) is 36.8 Å². The van der Waals surface area contributed by atoms with Gasteiger partial charge in [0.25, 0.3) is 5.56 Å². The van der Waals surface area contributed by atoms with Gasteiger partial charge >= 0.3 is 0 Å². The van der Waals surface area contributed by atoms with Crippen LogP contribution in [0.4, 0.5) is 10.1 Å². The van der Waals surface area contributed by atoms with Gasteiger partial charge in [-0.2, -0.15) is 0 Å². The quantitative estimate of drug-likeness (QED) is 0.540. The smallest absolute Gasteiger partial charge is 0.280 e. The summed E-state index contributed by atoms with van der Waals surface area (Å²) in [7, 11) is 4.60. The van der Waals surface area contributed by atoms with Gasteiger partial charge < -0.3 is 14.2 Å². The van der Waals surface area contributed by atoms with Crippen LogP contribution in [0.15, 0.2) is 46.2 Å². The van der Waals surface area contributed by atoms with E-state index in [0.29, 0.717) is 46.3 Å². The zero-order valence-electron chi connectivity index (χ0n) is 18.3. The van der Waals surface area contributed by atoms with E-state index in [1.54, 1.807) is 31.2 Å². The number of hydrogen-bond acceptors (Lipinski definition) is 5. The topological polar surface area (TPSA) is 77.8 Å². The minimum atomic E-state index is -0.363. The molecule has 1 heterocycles. The van der Waals surface area contributed by atoms with E-state index in [1.807, 2.05) is 6.92 Å². The van der Waals surface area contributed by atoms with Crippen molar-refractivity contribution in [3.05, 3.63) is 63.8 Å². The van der Waals surface area contributed by atoms with Gasteiger partial charge in [0.2, 0.25) is 5.75 Å². The van der Waals surface area contributed by atoms with Crippen LogP contribution >= 0.6 is 0 Å². The Kier molecular flexibility index (Phi) is 6.79. The van der Waals surface area contributed by atoms with Gasteiger partial charge in [0.1, 0.15) is 5.82 Å². The fraction of sp³-hybridized carbons (Fsp3) is 0.304. The van der Waals surface area contributed by atoms with Crippen LogP contribution in [0.2, 0.25) is 0 Å². The molecular weight excluding hydrogens is 401 g/mol. The van der Waals surface area contributed by atoms with Crippen molar-refractivity contribution in [3.8, 4) is 22.9 Å². The predicted octanol–water partition coefficient (Wildman–Crippen LogP) is 4.42. The van der Waals surface area contributed by atoms with Crippen molar-refractivity contribution in [2.24, 2.45) is 4.99 Å². The third-order valence-corrected chi connectivity index (χ3v) is 4.86. The number of nitrogens with one attached hydrogen (secondary N) is 1. The number of aliphatic imine (C=N–C) groups is 1. The van der Waals surface area contributed by atoms with Crippen LogP contribution < -0.4 is 19.8 Å². The first kappa shape index (κ1) is 22.1. The van der Waals surface area contributed by atoms with Crippen LogP contribution in [0.1, 0.15) is 31.5 Å². The highest BCUT2D eigenvalue weighted by Gasteiger charge is 2.19. The van der Waals surface area contributed by atoms with Crippen molar-refractivity contribution < 1.29 is 18.6 Å². The van der Waals surface area contributed by atoms with Gasteiger partial charge in [0.15, 0.2) is 11.5 Å². The second-order valence-electron chi connectivity index (χ2n) is 6.91. The fourth-order valence-corrected chi connectivity index (χ4v) is 3.44. The number of H-pyrrole nitrogens is 1. The average molecular weight is 427 g/mol. The molecule has 0 atom stereocenters. The summed E-state index contributed by atoms with van der Waals surface area (Å²) in [6.07, 6.45) is 1.51. The highest BCUT2D eigenvalue weighted by molar-refractivity contribution is 6.01. The Bertz CT molecular complexity index is 1120. The molecule has 1 N–H and O–H groups in total. The van der Waals surface area contributed by atoms with Crippen LogP contribution in [0.3, 0.4) is 0 Å². The first-order valence-electron chi connectivity index (χ1n) is 9.88. The number of benzene rings is 2. The summed E-state index contributed by atoms with van der Waals surface area (Å²) in [6.45, 7) is 3.81. The van der Waals surface area contributed by atoms with E-state index in [0.717, 1.165) is 12.1 Å². The minimum Gasteiger partial charge on any atom is -0.493 e.